The van der Waals surface area contributed by atoms with Gasteiger partial charge in [0, 0.05) is 31.6 Å². The molecule has 2 fully saturated rings. The molecule has 0 radical (unpaired) electrons. The Bertz CT molecular complexity index is 540. The molecule has 2 atom stereocenters. The number of likely N-dealkylation sites (N-methyl/N-ethyl adjacent to an activating group) is 1. The third-order valence-electron chi connectivity index (χ3n) is 4.25. The van der Waals surface area contributed by atoms with Crippen molar-refractivity contribution < 1.29 is 18.7 Å². The molecule has 1 aromatic rings. The molecule has 120 valence electrons. The number of carbonyl (C=O) groups excluding carboxylic acids is 1. The Morgan fingerprint density at radius 1 is 1.36 bits per heavy atom. The molecule has 2 aliphatic rings. The Labute approximate surface area is 129 Å². The molecule has 2 aliphatic heterocycles. The first-order valence-electron chi connectivity index (χ1n) is 7.56. The maximum atomic E-state index is 13.1. The lowest BCUT2D eigenvalue weighted by Crippen LogP contribution is -2.46. The van der Waals surface area contributed by atoms with Gasteiger partial charge in [-0.3, -0.25) is 9.69 Å². The topological polar surface area (TPSA) is 42.0 Å². The number of amides is 1. The molecular formula is C16H21FN2O3. The summed E-state index contributed by atoms with van der Waals surface area (Å²) >= 11 is 0. The molecule has 6 heteroatoms. The van der Waals surface area contributed by atoms with Crippen molar-refractivity contribution in [2.24, 2.45) is 5.92 Å². The summed E-state index contributed by atoms with van der Waals surface area (Å²) in [5.41, 5.74) is 0. The van der Waals surface area contributed by atoms with E-state index in [-0.39, 0.29) is 24.4 Å². The first-order valence-corrected chi connectivity index (χ1v) is 7.56. The summed E-state index contributed by atoms with van der Waals surface area (Å²) in [6.07, 6.45) is 0. The maximum Gasteiger partial charge on any atom is 0.260 e. The molecule has 0 spiro atoms. The quantitative estimate of drug-likeness (QED) is 0.835. The molecule has 1 amide bonds. The summed E-state index contributed by atoms with van der Waals surface area (Å²) < 4.78 is 24.2. The van der Waals surface area contributed by atoms with Gasteiger partial charge in [0.05, 0.1) is 19.3 Å². The van der Waals surface area contributed by atoms with Crippen LogP contribution in [0.25, 0.3) is 0 Å². The lowest BCUT2D eigenvalue weighted by atomic mass is 10.1. The van der Waals surface area contributed by atoms with Crippen LogP contribution in [0.1, 0.15) is 0 Å². The molecule has 2 bridgehead atoms. The number of nitrogens with zero attached hydrogens (tertiary/aromatic N) is 2. The van der Waals surface area contributed by atoms with E-state index in [1.165, 1.54) is 12.1 Å². The van der Waals surface area contributed by atoms with Gasteiger partial charge in [-0.1, -0.05) is 6.07 Å². The van der Waals surface area contributed by atoms with Crippen molar-refractivity contribution in [1.82, 2.24) is 9.80 Å². The molecule has 0 N–H and O–H groups in total. The van der Waals surface area contributed by atoms with E-state index in [4.69, 9.17) is 9.47 Å². The maximum absolute atomic E-state index is 13.1. The van der Waals surface area contributed by atoms with Gasteiger partial charge in [0.15, 0.2) is 6.61 Å². The van der Waals surface area contributed by atoms with Crippen LogP contribution < -0.4 is 4.74 Å². The predicted molar refractivity (Wildman–Crippen MR) is 79.2 cm³/mol. The van der Waals surface area contributed by atoms with Gasteiger partial charge in [0.2, 0.25) is 0 Å². The molecular weight excluding hydrogens is 287 g/mol. The monoisotopic (exact) mass is 308 g/mol. The predicted octanol–water partition coefficient (Wildman–Crippen LogP) is 0.993. The van der Waals surface area contributed by atoms with Gasteiger partial charge in [0.1, 0.15) is 11.6 Å². The zero-order valence-electron chi connectivity index (χ0n) is 12.7. The summed E-state index contributed by atoms with van der Waals surface area (Å²) in [4.78, 5) is 16.5. The molecule has 0 unspecified atom stereocenters. The Hall–Kier alpha value is -1.66. The largest absolute Gasteiger partial charge is 0.484 e. The van der Waals surface area contributed by atoms with Crippen LogP contribution in [-0.4, -0.2) is 68.3 Å². The Morgan fingerprint density at radius 3 is 3.05 bits per heavy atom. The number of ether oxygens (including phenoxy) is 2. The summed E-state index contributed by atoms with van der Waals surface area (Å²) in [7, 11) is 2.07. The molecule has 3 rings (SSSR count). The third kappa shape index (κ3) is 3.56. The van der Waals surface area contributed by atoms with Crippen molar-refractivity contribution >= 4 is 5.91 Å². The highest BCUT2D eigenvalue weighted by molar-refractivity contribution is 5.78. The molecule has 1 aromatic carbocycles. The van der Waals surface area contributed by atoms with Crippen LogP contribution >= 0.6 is 0 Å². The highest BCUT2D eigenvalue weighted by atomic mass is 19.1. The van der Waals surface area contributed by atoms with Gasteiger partial charge in [-0.2, -0.15) is 0 Å². The lowest BCUT2D eigenvalue weighted by molar-refractivity contribution is -0.135. The van der Waals surface area contributed by atoms with Crippen molar-refractivity contribution in [2.75, 3.05) is 46.5 Å². The number of hydrogen-bond donors (Lipinski definition) is 0. The fourth-order valence-corrected chi connectivity index (χ4v) is 3.05. The fourth-order valence-electron chi connectivity index (χ4n) is 3.05. The van der Waals surface area contributed by atoms with Gasteiger partial charge >= 0.3 is 0 Å². The van der Waals surface area contributed by atoms with Gasteiger partial charge < -0.3 is 14.4 Å². The van der Waals surface area contributed by atoms with Crippen molar-refractivity contribution in [3.63, 3.8) is 0 Å². The number of benzene rings is 1. The van der Waals surface area contributed by atoms with Gasteiger partial charge in [0.25, 0.3) is 5.91 Å². The highest BCUT2D eigenvalue weighted by Crippen LogP contribution is 2.19. The normalized spacial score (nSPS) is 25.6. The van der Waals surface area contributed by atoms with Crippen LogP contribution in [0, 0.1) is 11.7 Å². The number of fused-ring (bicyclic) bond motifs is 3. The van der Waals surface area contributed by atoms with E-state index in [1.807, 2.05) is 4.90 Å². The summed E-state index contributed by atoms with van der Waals surface area (Å²) in [5, 5.41) is 0. The molecule has 2 heterocycles. The zero-order valence-corrected chi connectivity index (χ0v) is 12.7. The zero-order chi connectivity index (χ0) is 15.5. The van der Waals surface area contributed by atoms with Crippen molar-refractivity contribution in [3.05, 3.63) is 30.1 Å². The number of halogens is 1. The van der Waals surface area contributed by atoms with Crippen molar-refractivity contribution in [3.8, 4) is 5.75 Å². The van der Waals surface area contributed by atoms with Gasteiger partial charge in [-0.15, -0.1) is 0 Å². The van der Waals surface area contributed by atoms with E-state index in [1.54, 1.807) is 12.1 Å². The van der Waals surface area contributed by atoms with Crippen molar-refractivity contribution in [1.29, 1.82) is 0 Å². The molecule has 0 saturated carbocycles. The summed E-state index contributed by atoms with van der Waals surface area (Å²) in [6, 6.07) is 6.07. The second kappa shape index (κ2) is 6.62. The molecule has 0 aliphatic carbocycles. The molecule has 0 aromatic heterocycles. The van der Waals surface area contributed by atoms with Crippen LogP contribution in [-0.2, 0) is 9.53 Å². The van der Waals surface area contributed by atoms with Gasteiger partial charge in [-0.25, -0.2) is 4.39 Å². The molecule has 5 nitrogen and oxygen atoms in total. The van der Waals surface area contributed by atoms with Crippen LogP contribution in [0.15, 0.2) is 24.3 Å². The molecule has 2 saturated heterocycles. The van der Waals surface area contributed by atoms with Crippen LogP contribution in [0.5, 0.6) is 5.75 Å². The highest BCUT2D eigenvalue weighted by Gasteiger charge is 2.33. The van der Waals surface area contributed by atoms with Crippen LogP contribution in [0.4, 0.5) is 4.39 Å². The second-order valence-electron chi connectivity index (χ2n) is 6.04. The minimum Gasteiger partial charge on any atom is -0.484 e. The second-order valence-corrected chi connectivity index (χ2v) is 6.04. The number of hydrogen-bond acceptors (Lipinski definition) is 4. The number of carbonyl (C=O) groups is 1. The lowest BCUT2D eigenvalue weighted by Gasteiger charge is -2.29. The minimum absolute atomic E-state index is 0.0588. The average Bonchev–Trinajstić information content (AvgIpc) is 2.73. The van der Waals surface area contributed by atoms with E-state index in [0.717, 1.165) is 6.54 Å². The SMILES string of the molecule is CN1C[C@H]2COC[C@@H]1CN(C(=O)COc1cccc(F)c1)C2. The Morgan fingerprint density at radius 2 is 2.23 bits per heavy atom. The van der Waals surface area contributed by atoms with Gasteiger partial charge in [-0.05, 0) is 19.2 Å². The van der Waals surface area contributed by atoms with E-state index in [2.05, 4.69) is 11.9 Å². The van der Waals surface area contributed by atoms with Crippen LogP contribution in [0.3, 0.4) is 0 Å². The first-order chi connectivity index (χ1) is 10.6. The standard InChI is InChI=1S/C16H21FN2O3/c1-18-6-12-7-19(8-14(18)10-21-9-12)16(20)11-22-15-4-2-3-13(17)5-15/h2-5,12,14H,6-11H2,1H3/t12-,14+/m1/s1. The summed E-state index contributed by atoms with van der Waals surface area (Å²) in [6.45, 7) is 3.56. The van der Waals surface area contributed by atoms with E-state index >= 15 is 0 Å². The smallest absolute Gasteiger partial charge is 0.260 e. The number of rotatable bonds is 3. The van der Waals surface area contributed by atoms with E-state index < -0.39 is 0 Å². The average molecular weight is 308 g/mol. The van der Waals surface area contributed by atoms with Crippen LogP contribution in [0.2, 0.25) is 0 Å². The van der Waals surface area contributed by atoms with Crippen molar-refractivity contribution in [2.45, 2.75) is 6.04 Å². The third-order valence-corrected chi connectivity index (χ3v) is 4.25. The minimum atomic E-state index is -0.368. The Balaban J connectivity index is 1.60. The van der Waals surface area contributed by atoms with E-state index in [9.17, 15) is 9.18 Å². The Kier molecular flexibility index (Phi) is 4.59. The summed E-state index contributed by atoms with van der Waals surface area (Å²) in [5.74, 6) is 0.281. The fraction of sp³-hybridized carbons (Fsp3) is 0.562. The molecule has 22 heavy (non-hydrogen) atoms. The van der Waals surface area contributed by atoms with E-state index in [0.29, 0.717) is 38.0 Å². The first kappa shape index (κ1) is 15.2.